The Bertz CT molecular complexity index is 983. The van der Waals surface area contributed by atoms with Crippen molar-refractivity contribution in [2.45, 2.75) is 29.6 Å². The molecule has 28 heavy (non-hydrogen) atoms. The van der Waals surface area contributed by atoms with Crippen LogP contribution in [-0.4, -0.2) is 76.0 Å². The van der Waals surface area contributed by atoms with Gasteiger partial charge in [0.1, 0.15) is 4.21 Å². The summed E-state index contributed by atoms with van der Waals surface area (Å²) in [5.74, 6) is -0.971. The van der Waals surface area contributed by atoms with E-state index >= 15 is 0 Å². The number of nitrogens with zero attached hydrogens (tertiary/aromatic N) is 2. The smallest absolute Gasteiger partial charge is 0.252 e. The van der Waals surface area contributed by atoms with Crippen molar-refractivity contribution in [2.24, 2.45) is 5.92 Å². The van der Waals surface area contributed by atoms with E-state index in [1.54, 1.807) is 6.07 Å². The van der Waals surface area contributed by atoms with Gasteiger partial charge in [-0.05, 0) is 18.6 Å². The highest BCUT2D eigenvalue weighted by atomic mass is 32.2. The lowest BCUT2D eigenvalue weighted by Crippen LogP contribution is -2.38. The summed E-state index contributed by atoms with van der Waals surface area (Å²) in [6.45, 7) is 0.393. The summed E-state index contributed by atoms with van der Waals surface area (Å²) >= 11 is 1.09. The van der Waals surface area contributed by atoms with Crippen LogP contribution in [0.1, 0.15) is 17.7 Å². The standard InChI is InChI=1S/C16H23N3O6S3/c1-18(2)28(24,25)15-4-3-13(26-15)8-17-16(21)11-7-14(20)19(9-11)12-5-6-27(22,23)10-12/h3-4,11-12H,5-10H2,1-2H3,(H,17,21). The number of rotatable bonds is 6. The SMILES string of the molecule is CN(C)S(=O)(=O)c1ccc(CNC(=O)C2CC(=O)N(C3CCS(=O)(=O)C3)C2)s1. The molecule has 1 N–H and O–H groups in total. The molecule has 0 aliphatic carbocycles. The molecule has 0 radical (unpaired) electrons. The second kappa shape index (κ2) is 7.73. The third-order valence-electron chi connectivity index (χ3n) is 4.99. The third-order valence-corrected chi connectivity index (χ3v) is 10.1. The molecule has 12 heteroatoms. The van der Waals surface area contributed by atoms with Crippen molar-refractivity contribution in [3.05, 3.63) is 17.0 Å². The van der Waals surface area contributed by atoms with Gasteiger partial charge in [0, 0.05) is 38.0 Å². The molecule has 156 valence electrons. The lowest BCUT2D eigenvalue weighted by atomic mass is 10.1. The highest BCUT2D eigenvalue weighted by Crippen LogP contribution is 2.27. The highest BCUT2D eigenvalue weighted by molar-refractivity contribution is 7.91. The second-order valence-electron chi connectivity index (χ2n) is 7.23. The van der Waals surface area contributed by atoms with E-state index in [9.17, 15) is 26.4 Å². The maximum Gasteiger partial charge on any atom is 0.252 e. The maximum atomic E-state index is 12.4. The van der Waals surface area contributed by atoms with Crippen LogP contribution in [0.3, 0.4) is 0 Å². The monoisotopic (exact) mass is 449 g/mol. The molecular formula is C16H23N3O6S3. The molecule has 2 aliphatic heterocycles. The second-order valence-corrected chi connectivity index (χ2v) is 13.0. The lowest BCUT2D eigenvalue weighted by molar-refractivity contribution is -0.130. The zero-order valence-corrected chi connectivity index (χ0v) is 18.1. The Hall–Kier alpha value is -1.50. The van der Waals surface area contributed by atoms with Crippen molar-refractivity contribution in [3.63, 3.8) is 0 Å². The molecule has 2 saturated heterocycles. The Kier molecular flexibility index (Phi) is 5.86. The normalized spacial score (nSPS) is 24.8. The first-order chi connectivity index (χ1) is 13.0. The fraction of sp³-hybridized carbons (Fsp3) is 0.625. The Labute approximate surface area is 168 Å². The number of hydrogen-bond donors (Lipinski definition) is 1. The van der Waals surface area contributed by atoms with Gasteiger partial charge in [0.2, 0.25) is 11.8 Å². The van der Waals surface area contributed by atoms with E-state index < -0.39 is 25.8 Å². The fourth-order valence-corrected chi connectivity index (χ4v) is 7.57. The van der Waals surface area contributed by atoms with E-state index in [4.69, 9.17) is 0 Å². The van der Waals surface area contributed by atoms with Crippen LogP contribution in [0.25, 0.3) is 0 Å². The number of amides is 2. The average Bonchev–Trinajstić information content (AvgIpc) is 3.31. The molecular weight excluding hydrogens is 426 g/mol. The molecule has 0 aromatic carbocycles. The van der Waals surface area contributed by atoms with E-state index in [0.717, 1.165) is 15.6 Å². The van der Waals surface area contributed by atoms with Crippen LogP contribution in [0.5, 0.6) is 0 Å². The highest BCUT2D eigenvalue weighted by Gasteiger charge is 2.41. The number of sulfone groups is 1. The van der Waals surface area contributed by atoms with Gasteiger partial charge in [-0.3, -0.25) is 9.59 Å². The van der Waals surface area contributed by atoms with Crippen LogP contribution in [0.2, 0.25) is 0 Å². The molecule has 3 heterocycles. The summed E-state index contributed by atoms with van der Waals surface area (Å²) in [7, 11) is -3.70. The Morgan fingerprint density at radius 1 is 1.36 bits per heavy atom. The van der Waals surface area contributed by atoms with Gasteiger partial charge in [0.25, 0.3) is 10.0 Å². The van der Waals surface area contributed by atoms with Crippen LogP contribution in [-0.2, 0) is 36.0 Å². The number of thiophene rings is 1. The first kappa shape index (κ1) is 21.2. The number of carbonyl (C=O) groups is 2. The van der Waals surface area contributed by atoms with Crippen LogP contribution < -0.4 is 5.32 Å². The van der Waals surface area contributed by atoms with E-state index in [-0.39, 0.29) is 53.1 Å². The molecule has 0 spiro atoms. The lowest BCUT2D eigenvalue weighted by Gasteiger charge is -2.22. The van der Waals surface area contributed by atoms with Crippen molar-refractivity contribution in [1.29, 1.82) is 0 Å². The van der Waals surface area contributed by atoms with Crippen molar-refractivity contribution in [1.82, 2.24) is 14.5 Å². The summed E-state index contributed by atoms with van der Waals surface area (Å²) in [5.41, 5.74) is 0. The number of hydrogen-bond acceptors (Lipinski definition) is 7. The van der Waals surface area contributed by atoms with Crippen molar-refractivity contribution >= 4 is 43.0 Å². The molecule has 9 nitrogen and oxygen atoms in total. The molecule has 2 atom stereocenters. The van der Waals surface area contributed by atoms with Gasteiger partial charge in [-0.1, -0.05) is 0 Å². The molecule has 2 aliphatic rings. The van der Waals surface area contributed by atoms with E-state index in [2.05, 4.69) is 5.32 Å². The Balaban J connectivity index is 1.56. The van der Waals surface area contributed by atoms with Gasteiger partial charge in [0.05, 0.1) is 24.0 Å². The van der Waals surface area contributed by atoms with E-state index in [1.807, 2.05) is 0 Å². The topological polar surface area (TPSA) is 121 Å². The molecule has 1 aromatic rings. The fourth-order valence-electron chi connectivity index (χ4n) is 3.37. The Morgan fingerprint density at radius 3 is 2.68 bits per heavy atom. The molecule has 0 saturated carbocycles. The number of likely N-dealkylation sites (tertiary alicyclic amines) is 1. The van der Waals surface area contributed by atoms with Gasteiger partial charge < -0.3 is 10.2 Å². The van der Waals surface area contributed by atoms with Crippen molar-refractivity contribution in [3.8, 4) is 0 Å². The van der Waals surface area contributed by atoms with E-state index in [1.165, 1.54) is 25.1 Å². The summed E-state index contributed by atoms with van der Waals surface area (Å²) in [4.78, 5) is 26.9. The van der Waals surface area contributed by atoms with Crippen molar-refractivity contribution in [2.75, 3.05) is 32.1 Å². The summed E-state index contributed by atoms with van der Waals surface area (Å²) in [6.07, 6.45) is 0.480. The van der Waals surface area contributed by atoms with Crippen LogP contribution in [0.15, 0.2) is 16.3 Å². The Morgan fingerprint density at radius 2 is 2.07 bits per heavy atom. The average molecular weight is 450 g/mol. The first-order valence-corrected chi connectivity index (χ1v) is 12.9. The van der Waals surface area contributed by atoms with E-state index in [0.29, 0.717) is 11.3 Å². The molecule has 2 fully saturated rings. The van der Waals surface area contributed by atoms with Gasteiger partial charge in [-0.15, -0.1) is 11.3 Å². The predicted octanol–water partition coefficient (Wildman–Crippen LogP) is -0.350. The van der Waals surface area contributed by atoms with Crippen molar-refractivity contribution < 1.29 is 26.4 Å². The van der Waals surface area contributed by atoms with Gasteiger partial charge in [-0.25, -0.2) is 21.1 Å². The maximum absolute atomic E-state index is 12.4. The third kappa shape index (κ3) is 4.39. The zero-order valence-electron chi connectivity index (χ0n) is 15.6. The zero-order chi connectivity index (χ0) is 20.7. The quantitative estimate of drug-likeness (QED) is 0.634. The molecule has 2 unspecified atom stereocenters. The minimum atomic E-state index is -3.51. The largest absolute Gasteiger partial charge is 0.351 e. The van der Waals surface area contributed by atoms with Crippen LogP contribution >= 0.6 is 11.3 Å². The predicted molar refractivity (Wildman–Crippen MR) is 104 cm³/mol. The van der Waals surface area contributed by atoms with Crippen LogP contribution in [0.4, 0.5) is 0 Å². The number of nitrogens with one attached hydrogen (secondary N) is 1. The van der Waals surface area contributed by atoms with Crippen LogP contribution in [0, 0.1) is 5.92 Å². The van der Waals surface area contributed by atoms with Gasteiger partial charge in [0.15, 0.2) is 9.84 Å². The summed E-state index contributed by atoms with van der Waals surface area (Å²) in [6, 6.07) is 2.81. The summed E-state index contributed by atoms with van der Waals surface area (Å²) in [5, 5.41) is 2.75. The number of sulfonamides is 1. The molecule has 0 bridgehead atoms. The molecule has 1 aromatic heterocycles. The van der Waals surface area contributed by atoms with Gasteiger partial charge >= 0.3 is 0 Å². The first-order valence-electron chi connectivity index (χ1n) is 8.78. The minimum absolute atomic E-state index is 0.0363. The summed E-state index contributed by atoms with van der Waals surface area (Å²) < 4.78 is 48.8. The number of carbonyl (C=O) groups excluding carboxylic acids is 2. The van der Waals surface area contributed by atoms with Gasteiger partial charge in [-0.2, -0.15) is 0 Å². The molecule has 3 rings (SSSR count). The minimum Gasteiger partial charge on any atom is -0.351 e. The molecule has 2 amide bonds.